The standard InChI is InChI=1S/C9H7BrN4O/c10-6-2-1-3-7(4-6)13-14-8(5-11)9(12)15/h1-4,13H,(H2,12,15)/b14-8+. The Kier molecular flexibility index (Phi) is 3.83. The number of halogens is 1. The molecule has 1 rings (SSSR count). The third-order valence-electron chi connectivity index (χ3n) is 1.46. The predicted molar refractivity (Wildman–Crippen MR) is 60.0 cm³/mol. The number of primary amides is 1. The van der Waals surface area contributed by atoms with E-state index in [0.717, 1.165) is 4.47 Å². The zero-order chi connectivity index (χ0) is 11.3. The van der Waals surface area contributed by atoms with Gasteiger partial charge in [-0.25, -0.2) is 0 Å². The summed E-state index contributed by atoms with van der Waals surface area (Å²) in [6, 6.07) is 8.71. The van der Waals surface area contributed by atoms with Gasteiger partial charge in [-0.3, -0.25) is 10.2 Å². The molecule has 0 saturated heterocycles. The molecule has 0 aliphatic rings. The lowest BCUT2D eigenvalue weighted by Gasteiger charge is -2.00. The summed E-state index contributed by atoms with van der Waals surface area (Å²) in [7, 11) is 0. The summed E-state index contributed by atoms with van der Waals surface area (Å²) in [6.45, 7) is 0. The van der Waals surface area contributed by atoms with Gasteiger partial charge in [0.25, 0.3) is 5.91 Å². The molecule has 5 nitrogen and oxygen atoms in total. The Labute approximate surface area is 94.7 Å². The summed E-state index contributed by atoms with van der Waals surface area (Å²) in [5, 5.41) is 12.1. The molecule has 0 bridgehead atoms. The van der Waals surface area contributed by atoms with Gasteiger partial charge in [0.2, 0.25) is 5.71 Å². The number of benzene rings is 1. The quantitative estimate of drug-likeness (QED) is 0.637. The Bertz CT molecular complexity index is 450. The first kappa shape index (κ1) is 11.2. The number of nitrogens with zero attached hydrogens (tertiary/aromatic N) is 2. The van der Waals surface area contributed by atoms with Crippen LogP contribution in [0.15, 0.2) is 33.8 Å². The van der Waals surface area contributed by atoms with Crippen LogP contribution in [0.1, 0.15) is 0 Å². The Hall–Kier alpha value is -1.87. The highest BCUT2D eigenvalue weighted by Crippen LogP contribution is 2.15. The number of hydrogen-bond acceptors (Lipinski definition) is 4. The zero-order valence-corrected chi connectivity index (χ0v) is 9.15. The van der Waals surface area contributed by atoms with Crippen molar-refractivity contribution in [3.05, 3.63) is 28.7 Å². The van der Waals surface area contributed by atoms with Gasteiger partial charge in [0.1, 0.15) is 6.07 Å². The highest BCUT2D eigenvalue weighted by molar-refractivity contribution is 9.10. The molecule has 1 aromatic carbocycles. The van der Waals surface area contributed by atoms with Crippen LogP contribution in [-0.4, -0.2) is 11.6 Å². The van der Waals surface area contributed by atoms with E-state index in [1.807, 2.05) is 6.07 Å². The SMILES string of the molecule is N#C/C(=N\Nc1cccc(Br)c1)C(N)=O. The maximum Gasteiger partial charge on any atom is 0.280 e. The van der Waals surface area contributed by atoms with Crippen molar-refractivity contribution in [1.82, 2.24) is 0 Å². The molecule has 0 atom stereocenters. The van der Waals surface area contributed by atoms with E-state index in [1.54, 1.807) is 24.3 Å². The third-order valence-corrected chi connectivity index (χ3v) is 1.95. The van der Waals surface area contributed by atoms with Crippen molar-refractivity contribution in [2.24, 2.45) is 10.8 Å². The molecule has 0 radical (unpaired) electrons. The van der Waals surface area contributed by atoms with Crippen LogP contribution in [0.4, 0.5) is 5.69 Å². The number of rotatable bonds is 3. The first-order valence-corrected chi connectivity index (χ1v) is 4.72. The lowest BCUT2D eigenvalue weighted by Crippen LogP contribution is -2.22. The van der Waals surface area contributed by atoms with Crippen molar-refractivity contribution in [3.8, 4) is 6.07 Å². The lowest BCUT2D eigenvalue weighted by molar-refractivity contribution is -0.111. The maximum absolute atomic E-state index is 10.6. The Morgan fingerprint density at radius 3 is 2.87 bits per heavy atom. The van der Waals surface area contributed by atoms with Crippen LogP contribution in [0.25, 0.3) is 0 Å². The van der Waals surface area contributed by atoms with E-state index in [0.29, 0.717) is 5.69 Å². The molecular weight excluding hydrogens is 260 g/mol. The molecule has 0 unspecified atom stereocenters. The van der Waals surface area contributed by atoms with Gasteiger partial charge in [0.05, 0.1) is 5.69 Å². The fourth-order valence-corrected chi connectivity index (χ4v) is 1.21. The van der Waals surface area contributed by atoms with Crippen LogP contribution in [0, 0.1) is 11.3 Å². The molecule has 0 fully saturated rings. The van der Waals surface area contributed by atoms with Gasteiger partial charge in [-0.05, 0) is 18.2 Å². The van der Waals surface area contributed by atoms with Crippen LogP contribution in [0.2, 0.25) is 0 Å². The van der Waals surface area contributed by atoms with Crippen LogP contribution < -0.4 is 11.2 Å². The molecule has 76 valence electrons. The topological polar surface area (TPSA) is 91.3 Å². The lowest BCUT2D eigenvalue weighted by atomic mass is 10.3. The number of nitrogens with one attached hydrogen (secondary N) is 1. The van der Waals surface area contributed by atoms with E-state index >= 15 is 0 Å². The Balaban J connectivity index is 2.80. The first-order valence-electron chi connectivity index (χ1n) is 3.92. The third kappa shape index (κ3) is 3.40. The average molecular weight is 267 g/mol. The summed E-state index contributed by atoms with van der Waals surface area (Å²) >= 11 is 3.27. The van der Waals surface area contributed by atoms with E-state index in [1.165, 1.54) is 0 Å². The van der Waals surface area contributed by atoms with E-state index in [4.69, 9.17) is 11.0 Å². The number of carbonyl (C=O) groups excluding carboxylic acids is 1. The summed E-state index contributed by atoms with van der Waals surface area (Å²) in [6.07, 6.45) is 0. The van der Waals surface area contributed by atoms with E-state index in [-0.39, 0.29) is 5.71 Å². The van der Waals surface area contributed by atoms with Gasteiger partial charge < -0.3 is 5.73 Å². The Morgan fingerprint density at radius 1 is 1.60 bits per heavy atom. The number of carbonyl (C=O) groups is 1. The second-order valence-electron chi connectivity index (χ2n) is 2.56. The Morgan fingerprint density at radius 2 is 2.33 bits per heavy atom. The number of nitrogens with two attached hydrogens (primary N) is 1. The fourth-order valence-electron chi connectivity index (χ4n) is 0.814. The normalized spacial score (nSPS) is 10.5. The number of hydrogen-bond donors (Lipinski definition) is 2. The predicted octanol–water partition coefficient (Wildman–Crippen LogP) is 1.23. The van der Waals surface area contributed by atoms with E-state index in [9.17, 15) is 4.79 Å². The molecule has 15 heavy (non-hydrogen) atoms. The maximum atomic E-state index is 10.6. The van der Waals surface area contributed by atoms with Gasteiger partial charge in [0, 0.05) is 4.47 Å². The van der Waals surface area contributed by atoms with Gasteiger partial charge in [0.15, 0.2) is 0 Å². The van der Waals surface area contributed by atoms with Crippen LogP contribution in [0.5, 0.6) is 0 Å². The monoisotopic (exact) mass is 266 g/mol. The van der Waals surface area contributed by atoms with Gasteiger partial charge in [-0.2, -0.15) is 10.4 Å². The van der Waals surface area contributed by atoms with E-state index in [2.05, 4.69) is 26.5 Å². The average Bonchev–Trinajstić information content (AvgIpc) is 2.18. The molecule has 0 heterocycles. The molecule has 6 heteroatoms. The molecule has 0 aliphatic heterocycles. The molecular formula is C9H7BrN4O. The van der Waals surface area contributed by atoms with Gasteiger partial charge in [-0.15, -0.1) is 0 Å². The number of amides is 1. The summed E-state index contributed by atoms with van der Waals surface area (Å²) in [5.74, 6) is -0.861. The van der Waals surface area contributed by atoms with Crippen molar-refractivity contribution in [2.45, 2.75) is 0 Å². The summed E-state index contributed by atoms with van der Waals surface area (Å²) in [4.78, 5) is 10.6. The van der Waals surface area contributed by atoms with E-state index < -0.39 is 5.91 Å². The smallest absolute Gasteiger partial charge is 0.280 e. The molecule has 1 aromatic rings. The van der Waals surface area contributed by atoms with Crippen molar-refractivity contribution in [1.29, 1.82) is 5.26 Å². The fraction of sp³-hybridized carbons (Fsp3) is 0. The second kappa shape index (κ2) is 5.12. The number of hydrazone groups is 1. The molecule has 0 saturated carbocycles. The minimum absolute atomic E-state index is 0.366. The van der Waals surface area contributed by atoms with Crippen LogP contribution in [-0.2, 0) is 4.79 Å². The summed E-state index contributed by atoms with van der Waals surface area (Å²) in [5.41, 5.74) is 7.74. The van der Waals surface area contributed by atoms with Crippen LogP contribution >= 0.6 is 15.9 Å². The minimum Gasteiger partial charge on any atom is -0.364 e. The highest BCUT2D eigenvalue weighted by atomic mass is 79.9. The largest absolute Gasteiger partial charge is 0.364 e. The number of anilines is 1. The second-order valence-corrected chi connectivity index (χ2v) is 3.47. The van der Waals surface area contributed by atoms with Crippen molar-refractivity contribution < 1.29 is 4.79 Å². The highest BCUT2D eigenvalue weighted by Gasteiger charge is 2.04. The van der Waals surface area contributed by atoms with Crippen molar-refractivity contribution in [3.63, 3.8) is 0 Å². The molecule has 0 spiro atoms. The molecule has 3 N–H and O–H groups in total. The number of nitriles is 1. The molecule has 0 aliphatic carbocycles. The van der Waals surface area contributed by atoms with Crippen molar-refractivity contribution in [2.75, 3.05) is 5.43 Å². The first-order chi connectivity index (χ1) is 7.13. The molecule has 1 amide bonds. The summed E-state index contributed by atoms with van der Waals surface area (Å²) < 4.78 is 0.861. The zero-order valence-electron chi connectivity index (χ0n) is 7.57. The van der Waals surface area contributed by atoms with Crippen LogP contribution in [0.3, 0.4) is 0 Å². The van der Waals surface area contributed by atoms with Crippen molar-refractivity contribution >= 4 is 33.2 Å². The minimum atomic E-state index is -0.861. The van der Waals surface area contributed by atoms with Gasteiger partial charge in [-0.1, -0.05) is 22.0 Å². The molecule has 0 aromatic heterocycles. The van der Waals surface area contributed by atoms with Gasteiger partial charge >= 0.3 is 0 Å².